The Hall–Kier alpha value is -2.50. The lowest BCUT2D eigenvalue weighted by atomic mass is 9.84. The molecule has 7 nitrogen and oxygen atoms in total. The highest BCUT2D eigenvalue weighted by Gasteiger charge is 2.28. The number of hydrogen-bond acceptors (Lipinski definition) is 5. The van der Waals surface area contributed by atoms with Crippen LogP contribution in [-0.2, 0) is 20.0 Å². The van der Waals surface area contributed by atoms with E-state index in [-0.39, 0.29) is 27.1 Å². The molecule has 3 aromatic carbocycles. The Morgan fingerprint density at radius 2 is 1.61 bits per heavy atom. The Labute approximate surface area is 216 Å². The molecule has 0 saturated carbocycles. The second-order valence-electron chi connectivity index (χ2n) is 8.93. The molecule has 0 aromatic heterocycles. The standard InChI is InChI=1S/C25H27ClFN3O4S2/c1-29(2)36(33,34)19-8-10-25(35(28,31)32)22(16-19)21-6-4-3-5-20(21)17-11-13-30(14-12-17)24-9-7-18(26)15-23(24)27/h3-10,15-17H,11-14H2,1-2H3,(H2,28,31,32). The van der Waals surface area contributed by atoms with Gasteiger partial charge in [-0.15, -0.1) is 0 Å². The number of halogens is 2. The van der Waals surface area contributed by atoms with Gasteiger partial charge in [0.2, 0.25) is 20.0 Å². The van der Waals surface area contributed by atoms with Crippen LogP contribution in [0.4, 0.5) is 10.1 Å². The van der Waals surface area contributed by atoms with Crippen molar-refractivity contribution >= 4 is 37.3 Å². The topological polar surface area (TPSA) is 101 Å². The quantitative estimate of drug-likeness (QED) is 0.488. The van der Waals surface area contributed by atoms with Crippen molar-refractivity contribution in [1.82, 2.24) is 4.31 Å². The van der Waals surface area contributed by atoms with Crippen LogP contribution >= 0.6 is 11.6 Å². The number of nitrogens with two attached hydrogens (primary N) is 1. The summed E-state index contributed by atoms with van der Waals surface area (Å²) in [5.41, 5.74) is 2.22. The third kappa shape index (κ3) is 5.28. The molecular formula is C25H27ClFN3O4S2. The number of piperidine rings is 1. The molecule has 36 heavy (non-hydrogen) atoms. The van der Waals surface area contributed by atoms with Gasteiger partial charge in [-0.1, -0.05) is 35.9 Å². The van der Waals surface area contributed by atoms with Crippen molar-refractivity contribution < 1.29 is 21.2 Å². The number of anilines is 1. The summed E-state index contributed by atoms with van der Waals surface area (Å²) < 4.78 is 65.9. The third-order valence-corrected chi connectivity index (χ3v) is 9.49. The molecule has 0 spiro atoms. The number of primary sulfonamides is 1. The lowest BCUT2D eigenvalue weighted by Crippen LogP contribution is -2.33. The number of benzene rings is 3. The van der Waals surface area contributed by atoms with Crippen LogP contribution in [0.3, 0.4) is 0 Å². The van der Waals surface area contributed by atoms with E-state index in [1.165, 1.54) is 38.4 Å². The van der Waals surface area contributed by atoms with E-state index < -0.39 is 20.0 Å². The zero-order valence-electron chi connectivity index (χ0n) is 19.9. The summed E-state index contributed by atoms with van der Waals surface area (Å²) in [4.78, 5) is 1.79. The first-order valence-electron chi connectivity index (χ1n) is 11.3. The maximum atomic E-state index is 14.4. The molecule has 3 aromatic rings. The molecular weight excluding hydrogens is 525 g/mol. The molecule has 1 saturated heterocycles. The van der Waals surface area contributed by atoms with Crippen LogP contribution in [0, 0.1) is 5.82 Å². The Kier molecular flexibility index (Phi) is 7.45. The van der Waals surface area contributed by atoms with Gasteiger partial charge in [-0.3, -0.25) is 0 Å². The maximum Gasteiger partial charge on any atom is 0.242 e. The predicted octanol–water partition coefficient (Wildman–Crippen LogP) is 4.43. The highest BCUT2D eigenvalue weighted by molar-refractivity contribution is 7.89. The van der Waals surface area contributed by atoms with Crippen LogP contribution in [0.25, 0.3) is 11.1 Å². The monoisotopic (exact) mass is 551 g/mol. The Bertz CT molecular complexity index is 1500. The van der Waals surface area contributed by atoms with E-state index >= 15 is 0 Å². The fourth-order valence-electron chi connectivity index (χ4n) is 4.61. The molecule has 0 unspecified atom stereocenters. The molecule has 4 rings (SSSR count). The SMILES string of the molecule is CN(C)S(=O)(=O)c1ccc(S(N)(=O)=O)c(-c2ccccc2C2CCN(c3ccc(Cl)cc3F)CC2)c1. The highest BCUT2D eigenvalue weighted by atomic mass is 35.5. The molecule has 0 atom stereocenters. The van der Waals surface area contributed by atoms with Crippen LogP contribution in [0.5, 0.6) is 0 Å². The third-order valence-electron chi connectivity index (χ3n) is 6.47. The number of nitrogens with zero attached hydrogens (tertiary/aromatic N) is 2. The molecule has 0 amide bonds. The largest absolute Gasteiger partial charge is 0.369 e. The van der Waals surface area contributed by atoms with Crippen molar-refractivity contribution in [2.45, 2.75) is 28.6 Å². The first kappa shape index (κ1) is 26.6. The first-order valence-corrected chi connectivity index (χ1v) is 14.6. The van der Waals surface area contributed by atoms with Crippen LogP contribution in [0.15, 0.2) is 70.5 Å². The summed E-state index contributed by atoms with van der Waals surface area (Å²) in [7, 11) is -5.12. The second-order valence-corrected chi connectivity index (χ2v) is 13.1. The average Bonchev–Trinajstić information content (AvgIpc) is 2.83. The Morgan fingerprint density at radius 3 is 2.22 bits per heavy atom. The van der Waals surface area contributed by atoms with E-state index in [0.29, 0.717) is 42.2 Å². The van der Waals surface area contributed by atoms with Crippen molar-refractivity contribution in [3.05, 3.63) is 77.1 Å². The van der Waals surface area contributed by atoms with Crippen LogP contribution in [-0.4, -0.2) is 48.3 Å². The van der Waals surface area contributed by atoms with E-state index in [0.717, 1.165) is 9.87 Å². The van der Waals surface area contributed by atoms with E-state index in [4.69, 9.17) is 16.7 Å². The van der Waals surface area contributed by atoms with Gasteiger partial charge in [0.25, 0.3) is 0 Å². The van der Waals surface area contributed by atoms with Gasteiger partial charge >= 0.3 is 0 Å². The number of rotatable bonds is 6. The van der Waals surface area contributed by atoms with E-state index in [1.54, 1.807) is 24.3 Å². The molecule has 0 radical (unpaired) electrons. The Balaban J connectivity index is 1.73. The van der Waals surface area contributed by atoms with Crippen molar-refractivity contribution in [2.24, 2.45) is 5.14 Å². The second kappa shape index (κ2) is 10.1. The minimum Gasteiger partial charge on any atom is -0.369 e. The molecule has 11 heteroatoms. The minimum absolute atomic E-state index is 0.0299. The molecule has 192 valence electrons. The van der Waals surface area contributed by atoms with Crippen molar-refractivity contribution in [3.63, 3.8) is 0 Å². The summed E-state index contributed by atoms with van der Waals surface area (Å²) in [6, 6.07) is 15.8. The summed E-state index contributed by atoms with van der Waals surface area (Å²) in [6.45, 7) is 1.18. The number of sulfonamides is 2. The normalized spacial score (nSPS) is 15.4. The summed E-state index contributed by atoms with van der Waals surface area (Å²) in [5, 5.41) is 5.85. The van der Waals surface area contributed by atoms with Gasteiger partial charge in [0.1, 0.15) is 5.82 Å². The van der Waals surface area contributed by atoms with E-state index in [9.17, 15) is 21.2 Å². The van der Waals surface area contributed by atoms with Crippen molar-refractivity contribution in [3.8, 4) is 11.1 Å². The predicted molar refractivity (Wildman–Crippen MR) is 140 cm³/mol. The van der Waals surface area contributed by atoms with Crippen LogP contribution < -0.4 is 10.0 Å². The lowest BCUT2D eigenvalue weighted by molar-refractivity contribution is 0.498. The van der Waals surface area contributed by atoms with Gasteiger partial charge in [0.15, 0.2) is 0 Å². The minimum atomic E-state index is -4.13. The fourth-order valence-corrected chi connectivity index (χ4v) is 6.43. The van der Waals surface area contributed by atoms with E-state index in [1.807, 2.05) is 17.0 Å². The molecule has 1 aliphatic heterocycles. The lowest BCUT2D eigenvalue weighted by Gasteiger charge is -2.35. The molecule has 1 fully saturated rings. The molecule has 1 heterocycles. The van der Waals surface area contributed by atoms with Crippen molar-refractivity contribution in [1.29, 1.82) is 0 Å². The van der Waals surface area contributed by atoms with Gasteiger partial charge in [-0.2, -0.15) is 0 Å². The maximum absolute atomic E-state index is 14.4. The molecule has 1 aliphatic rings. The van der Waals surface area contributed by atoms with Gasteiger partial charge in [0.05, 0.1) is 15.5 Å². The van der Waals surface area contributed by atoms with Crippen molar-refractivity contribution in [2.75, 3.05) is 32.1 Å². The average molecular weight is 552 g/mol. The molecule has 2 N–H and O–H groups in total. The first-order chi connectivity index (χ1) is 16.9. The van der Waals surface area contributed by atoms with E-state index in [2.05, 4.69) is 0 Å². The van der Waals surface area contributed by atoms with Gasteiger partial charge in [-0.25, -0.2) is 30.7 Å². The Morgan fingerprint density at radius 1 is 0.944 bits per heavy atom. The summed E-state index contributed by atoms with van der Waals surface area (Å²) in [5.74, 6) is -0.326. The van der Waals surface area contributed by atoms with Gasteiger partial charge < -0.3 is 4.90 Å². The fraction of sp³-hybridized carbons (Fsp3) is 0.280. The van der Waals surface area contributed by atoms with Crippen LogP contribution in [0.2, 0.25) is 5.02 Å². The zero-order valence-corrected chi connectivity index (χ0v) is 22.2. The molecule has 0 aliphatic carbocycles. The zero-order chi connectivity index (χ0) is 26.3. The summed E-state index contributed by atoms with van der Waals surface area (Å²) >= 11 is 5.89. The van der Waals surface area contributed by atoms with Crippen LogP contribution in [0.1, 0.15) is 24.3 Å². The highest BCUT2D eigenvalue weighted by Crippen LogP contribution is 2.39. The summed E-state index contributed by atoms with van der Waals surface area (Å²) in [6.07, 6.45) is 1.39. The smallest absolute Gasteiger partial charge is 0.242 e. The molecule has 0 bridgehead atoms. The number of hydrogen-bond donors (Lipinski definition) is 1. The van der Waals surface area contributed by atoms with Gasteiger partial charge in [0, 0.05) is 37.8 Å². The van der Waals surface area contributed by atoms with Gasteiger partial charge in [-0.05, 0) is 66.3 Å².